The van der Waals surface area contributed by atoms with Crippen molar-refractivity contribution in [1.82, 2.24) is 10.2 Å². The van der Waals surface area contributed by atoms with Gasteiger partial charge in [-0.2, -0.15) is 5.10 Å². The summed E-state index contributed by atoms with van der Waals surface area (Å²) >= 11 is 0. The van der Waals surface area contributed by atoms with Crippen LogP contribution in [0, 0.1) is 6.92 Å². The first-order chi connectivity index (χ1) is 10.3. The molecule has 2 aromatic heterocycles. The van der Waals surface area contributed by atoms with E-state index >= 15 is 0 Å². The number of nitrogens with one attached hydrogen (secondary N) is 2. The highest BCUT2D eigenvalue weighted by Gasteiger charge is 2.11. The molecule has 0 atom stereocenters. The maximum absolute atomic E-state index is 5.67. The zero-order chi connectivity index (χ0) is 14.7. The van der Waals surface area contributed by atoms with Crippen LogP contribution in [0.4, 0.5) is 5.69 Å². The van der Waals surface area contributed by atoms with Crippen LogP contribution in [0.5, 0.6) is 0 Å². The number of anilines is 1. The molecule has 0 unspecified atom stereocenters. The summed E-state index contributed by atoms with van der Waals surface area (Å²) in [4.78, 5) is 0. The van der Waals surface area contributed by atoms with Crippen LogP contribution in [0.25, 0.3) is 11.5 Å². The second-order valence-corrected chi connectivity index (χ2v) is 5.04. The Balaban J connectivity index is 1.79. The summed E-state index contributed by atoms with van der Waals surface area (Å²) in [5.41, 5.74) is 4.51. The van der Waals surface area contributed by atoms with Crippen LogP contribution in [0.1, 0.15) is 23.8 Å². The molecule has 0 bridgehead atoms. The lowest BCUT2D eigenvalue weighted by Crippen LogP contribution is -2.02. The standard InChI is InChI=1S/C17H19N3O/c1-3-13-6-4-5-7-15(13)18-10-14-11-19-20-17(14)16-9-8-12(2)21-16/h4-9,11,18H,3,10H2,1-2H3,(H,19,20). The van der Waals surface area contributed by atoms with Crippen LogP contribution in [-0.4, -0.2) is 10.2 Å². The molecular formula is C17H19N3O. The van der Waals surface area contributed by atoms with E-state index in [0.29, 0.717) is 6.54 Å². The van der Waals surface area contributed by atoms with Crippen molar-refractivity contribution in [3.8, 4) is 11.5 Å². The Morgan fingerprint density at radius 2 is 2.00 bits per heavy atom. The zero-order valence-corrected chi connectivity index (χ0v) is 12.3. The maximum Gasteiger partial charge on any atom is 0.152 e. The molecule has 0 fully saturated rings. The zero-order valence-electron chi connectivity index (χ0n) is 12.3. The molecule has 2 N–H and O–H groups in total. The number of aromatic amines is 1. The fourth-order valence-corrected chi connectivity index (χ4v) is 2.42. The van der Waals surface area contributed by atoms with E-state index in [1.165, 1.54) is 11.3 Å². The van der Waals surface area contributed by atoms with E-state index in [4.69, 9.17) is 4.42 Å². The van der Waals surface area contributed by atoms with Gasteiger partial charge in [0.15, 0.2) is 5.76 Å². The Bertz CT molecular complexity index is 727. The SMILES string of the molecule is CCc1ccccc1NCc1cn[nH]c1-c1ccc(C)o1. The molecule has 3 rings (SSSR count). The van der Waals surface area contributed by atoms with Gasteiger partial charge in [-0.3, -0.25) is 5.10 Å². The normalized spacial score (nSPS) is 10.8. The molecule has 4 nitrogen and oxygen atoms in total. The van der Waals surface area contributed by atoms with Crippen molar-refractivity contribution in [1.29, 1.82) is 0 Å². The summed E-state index contributed by atoms with van der Waals surface area (Å²) in [5, 5.41) is 10.6. The second kappa shape index (κ2) is 5.87. The van der Waals surface area contributed by atoms with Gasteiger partial charge in [0, 0.05) is 17.8 Å². The number of nitrogens with zero attached hydrogens (tertiary/aromatic N) is 1. The average Bonchev–Trinajstić information content (AvgIpc) is 3.13. The Morgan fingerprint density at radius 1 is 1.14 bits per heavy atom. The third-order valence-electron chi connectivity index (χ3n) is 3.57. The number of aromatic nitrogens is 2. The highest BCUT2D eigenvalue weighted by atomic mass is 16.3. The summed E-state index contributed by atoms with van der Waals surface area (Å²) in [5.74, 6) is 1.72. The topological polar surface area (TPSA) is 53.9 Å². The number of hydrogen-bond donors (Lipinski definition) is 2. The monoisotopic (exact) mass is 281 g/mol. The van der Waals surface area contributed by atoms with Crippen molar-refractivity contribution in [2.24, 2.45) is 0 Å². The smallest absolute Gasteiger partial charge is 0.152 e. The van der Waals surface area contributed by atoms with Gasteiger partial charge in [0.25, 0.3) is 0 Å². The lowest BCUT2D eigenvalue weighted by Gasteiger charge is -2.10. The van der Waals surface area contributed by atoms with E-state index in [1.807, 2.05) is 31.3 Å². The highest BCUT2D eigenvalue weighted by Crippen LogP contribution is 2.24. The van der Waals surface area contributed by atoms with Gasteiger partial charge in [-0.1, -0.05) is 25.1 Å². The molecule has 3 aromatic rings. The summed E-state index contributed by atoms with van der Waals surface area (Å²) < 4.78 is 5.67. The van der Waals surface area contributed by atoms with Crippen molar-refractivity contribution in [2.45, 2.75) is 26.8 Å². The molecule has 0 aliphatic heterocycles. The van der Waals surface area contributed by atoms with Crippen LogP contribution in [-0.2, 0) is 13.0 Å². The lowest BCUT2D eigenvalue weighted by molar-refractivity contribution is 0.545. The van der Waals surface area contributed by atoms with Crippen molar-refractivity contribution < 1.29 is 4.42 Å². The van der Waals surface area contributed by atoms with Crippen LogP contribution < -0.4 is 5.32 Å². The van der Waals surface area contributed by atoms with Gasteiger partial charge < -0.3 is 9.73 Å². The number of H-pyrrole nitrogens is 1. The third kappa shape index (κ3) is 2.84. The van der Waals surface area contributed by atoms with Gasteiger partial charge in [0.2, 0.25) is 0 Å². The third-order valence-corrected chi connectivity index (χ3v) is 3.57. The Morgan fingerprint density at radius 3 is 2.76 bits per heavy atom. The summed E-state index contributed by atoms with van der Waals surface area (Å²) in [6, 6.07) is 12.3. The van der Waals surface area contributed by atoms with Gasteiger partial charge in [0.05, 0.1) is 6.20 Å². The quantitative estimate of drug-likeness (QED) is 0.738. The number of rotatable bonds is 5. The highest BCUT2D eigenvalue weighted by molar-refractivity contribution is 5.58. The Kier molecular flexibility index (Phi) is 3.77. The molecule has 108 valence electrons. The van der Waals surface area contributed by atoms with Crippen molar-refractivity contribution in [3.63, 3.8) is 0 Å². The van der Waals surface area contributed by atoms with Gasteiger partial charge in [0.1, 0.15) is 11.5 Å². The van der Waals surface area contributed by atoms with E-state index < -0.39 is 0 Å². The molecule has 0 spiro atoms. The van der Waals surface area contributed by atoms with E-state index in [-0.39, 0.29) is 0 Å². The molecule has 4 heteroatoms. The Labute approximate surface area is 124 Å². The molecule has 2 heterocycles. The predicted octanol–water partition coefficient (Wildman–Crippen LogP) is 4.15. The van der Waals surface area contributed by atoms with Crippen LogP contribution in [0.15, 0.2) is 47.0 Å². The summed E-state index contributed by atoms with van der Waals surface area (Å²) in [6.45, 7) is 4.81. The first-order valence-electron chi connectivity index (χ1n) is 7.18. The average molecular weight is 281 g/mol. The van der Waals surface area contributed by atoms with Crippen molar-refractivity contribution >= 4 is 5.69 Å². The fourth-order valence-electron chi connectivity index (χ4n) is 2.42. The van der Waals surface area contributed by atoms with Gasteiger partial charge >= 0.3 is 0 Å². The van der Waals surface area contributed by atoms with E-state index in [2.05, 4.69) is 40.6 Å². The van der Waals surface area contributed by atoms with Crippen LogP contribution >= 0.6 is 0 Å². The summed E-state index contributed by atoms with van der Waals surface area (Å²) in [7, 11) is 0. The maximum atomic E-state index is 5.67. The number of aryl methyl sites for hydroxylation is 2. The van der Waals surface area contributed by atoms with Gasteiger partial charge in [-0.05, 0) is 37.1 Å². The second-order valence-electron chi connectivity index (χ2n) is 5.04. The van der Waals surface area contributed by atoms with Gasteiger partial charge in [-0.25, -0.2) is 0 Å². The molecule has 0 aliphatic carbocycles. The molecule has 0 amide bonds. The molecule has 1 aromatic carbocycles. The van der Waals surface area contributed by atoms with Crippen molar-refractivity contribution in [3.05, 3.63) is 59.5 Å². The van der Waals surface area contributed by atoms with E-state index in [9.17, 15) is 0 Å². The number of benzene rings is 1. The number of para-hydroxylation sites is 1. The molecule has 0 radical (unpaired) electrons. The number of hydrogen-bond acceptors (Lipinski definition) is 3. The molecule has 0 saturated carbocycles. The first-order valence-corrected chi connectivity index (χ1v) is 7.18. The van der Waals surface area contributed by atoms with E-state index in [1.54, 1.807) is 0 Å². The fraction of sp³-hybridized carbons (Fsp3) is 0.235. The minimum Gasteiger partial charge on any atom is -0.460 e. The van der Waals surface area contributed by atoms with E-state index in [0.717, 1.165) is 29.2 Å². The molecule has 21 heavy (non-hydrogen) atoms. The minimum atomic E-state index is 0.711. The first kappa shape index (κ1) is 13.5. The molecular weight excluding hydrogens is 262 g/mol. The largest absolute Gasteiger partial charge is 0.460 e. The van der Waals surface area contributed by atoms with Gasteiger partial charge in [-0.15, -0.1) is 0 Å². The summed E-state index contributed by atoms with van der Waals surface area (Å²) in [6.07, 6.45) is 2.85. The van der Waals surface area contributed by atoms with Crippen LogP contribution in [0.2, 0.25) is 0 Å². The van der Waals surface area contributed by atoms with Crippen molar-refractivity contribution in [2.75, 3.05) is 5.32 Å². The molecule has 0 saturated heterocycles. The molecule has 0 aliphatic rings. The number of furan rings is 1. The predicted molar refractivity (Wildman–Crippen MR) is 84.2 cm³/mol. The Hall–Kier alpha value is -2.49. The van der Waals surface area contributed by atoms with Crippen LogP contribution in [0.3, 0.4) is 0 Å². The lowest BCUT2D eigenvalue weighted by atomic mass is 10.1. The minimum absolute atomic E-state index is 0.711.